The Morgan fingerprint density at radius 1 is 1.05 bits per heavy atom. The number of carbonyl (C=O) groups is 1. The minimum absolute atomic E-state index is 0.117. The summed E-state index contributed by atoms with van der Waals surface area (Å²) in [6.45, 7) is 5.28. The molecule has 0 bridgehead atoms. The summed E-state index contributed by atoms with van der Waals surface area (Å²) in [6.07, 6.45) is 4.71. The van der Waals surface area contributed by atoms with Gasteiger partial charge in [0.15, 0.2) is 0 Å². The minimum Gasteiger partial charge on any atom is -0.457 e. The van der Waals surface area contributed by atoms with E-state index in [1.807, 2.05) is 29.2 Å². The van der Waals surface area contributed by atoms with Crippen molar-refractivity contribution in [2.45, 2.75) is 45.2 Å². The van der Waals surface area contributed by atoms with Gasteiger partial charge in [-0.05, 0) is 79.4 Å². The lowest BCUT2D eigenvalue weighted by Crippen LogP contribution is -2.49. The second-order valence-electron chi connectivity index (χ2n) is 10.3. The van der Waals surface area contributed by atoms with Crippen molar-refractivity contribution in [2.75, 3.05) is 35.9 Å². The van der Waals surface area contributed by atoms with Gasteiger partial charge in [0.25, 0.3) is 0 Å². The first-order valence-electron chi connectivity index (χ1n) is 13.7. The van der Waals surface area contributed by atoms with Crippen LogP contribution in [0.4, 0.5) is 20.6 Å². The molecule has 4 rings (SSSR count). The molecular formula is C30H36ClFN4O4S. The van der Waals surface area contributed by atoms with Crippen LogP contribution < -0.4 is 14.8 Å². The molecule has 0 saturated carbocycles. The quantitative estimate of drug-likeness (QED) is 0.248. The van der Waals surface area contributed by atoms with E-state index in [1.54, 1.807) is 24.3 Å². The van der Waals surface area contributed by atoms with E-state index < -0.39 is 15.8 Å². The topological polar surface area (TPSA) is 91.0 Å². The fourth-order valence-electron chi connectivity index (χ4n) is 4.81. The van der Waals surface area contributed by atoms with Gasteiger partial charge in [-0.3, -0.25) is 9.62 Å². The average molecular weight is 603 g/mol. The molecule has 2 N–H and O–H groups in total. The van der Waals surface area contributed by atoms with Crippen molar-refractivity contribution in [3.8, 4) is 11.5 Å². The number of halogens is 2. The summed E-state index contributed by atoms with van der Waals surface area (Å²) < 4.78 is 44.5. The highest BCUT2D eigenvalue weighted by Gasteiger charge is 2.28. The van der Waals surface area contributed by atoms with Crippen molar-refractivity contribution in [1.82, 2.24) is 9.80 Å². The summed E-state index contributed by atoms with van der Waals surface area (Å²) in [5, 5.41) is 3.04. The number of sulfonamides is 1. The maximum absolute atomic E-state index is 13.4. The highest BCUT2D eigenvalue weighted by Crippen LogP contribution is 2.26. The van der Waals surface area contributed by atoms with Crippen molar-refractivity contribution in [3.63, 3.8) is 0 Å². The van der Waals surface area contributed by atoms with Crippen LogP contribution in [0.1, 0.15) is 38.2 Å². The molecule has 0 unspecified atom stereocenters. The third-order valence-electron chi connectivity index (χ3n) is 6.91. The molecule has 2 amide bonds. The number of anilines is 2. The van der Waals surface area contributed by atoms with Crippen LogP contribution in [0, 0.1) is 5.82 Å². The van der Waals surface area contributed by atoms with Crippen LogP contribution in [0.15, 0.2) is 66.7 Å². The van der Waals surface area contributed by atoms with Crippen LogP contribution in [0.3, 0.4) is 0 Å². The lowest BCUT2D eigenvalue weighted by atomic mass is 10.0. The Morgan fingerprint density at radius 3 is 2.27 bits per heavy atom. The van der Waals surface area contributed by atoms with Crippen LogP contribution in [-0.2, 0) is 16.6 Å². The van der Waals surface area contributed by atoms with E-state index in [4.69, 9.17) is 16.3 Å². The first kappa shape index (κ1) is 30.6. The summed E-state index contributed by atoms with van der Waals surface area (Å²) in [5.41, 5.74) is 2.05. The molecule has 0 aromatic heterocycles. The number of nitrogens with one attached hydrogen (secondary N) is 2. The van der Waals surface area contributed by atoms with Crippen LogP contribution >= 0.6 is 11.6 Å². The highest BCUT2D eigenvalue weighted by atomic mass is 35.5. The minimum atomic E-state index is -3.33. The maximum atomic E-state index is 13.4. The Labute approximate surface area is 246 Å². The van der Waals surface area contributed by atoms with Gasteiger partial charge in [0.05, 0.1) is 17.0 Å². The lowest BCUT2D eigenvalue weighted by Gasteiger charge is -2.38. The van der Waals surface area contributed by atoms with E-state index in [-0.39, 0.29) is 17.1 Å². The van der Waals surface area contributed by atoms with Gasteiger partial charge in [-0.1, -0.05) is 37.1 Å². The molecule has 1 saturated heterocycles. The van der Waals surface area contributed by atoms with Gasteiger partial charge < -0.3 is 15.0 Å². The van der Waals surface area contributed by atoms with Crippen molar-refractivity contribution < 1.29 is 22.3 Å². The summed E-state index contributed by atoms with van der Waals surface area (Å²) in [7, 11) is -3.33. The summed E-state index contributed by atoms with van der Waals surface area (Å²) in [4.78, 5) is 17.5. The van der Waals surface area contributed by atoms with E-state index in [2.05, 4.69) is 21.9 Å². The molecule has 3 aromatic rings. The molecule has 3 aromatic carbocycles. The third kappa shape index (κ3) is 9.34. The SMILES string of the molecule is CCCCN(C(=O)Nc1ccc(F)cc1Cl)C1CCN(Cc2ccc(Oc3ccc(NS(C)(=O)=O)cc3)cc2)CC1. The van der Waals surface area contributed by atoms with E-state index >= 15 is 0 Å². The Morgan fingerprint density at radius 2 is 1.68 bits per heavy atom. The van der Waals surface area contributed by atoms with Gasteiger partial charge in [0.1, 0.15) is 17.3 Å². The molecule has 8 nitrogen and oxygen atoms in total. The molecule has 41 heavy (non-hydrogen) atoms. The monoisotopic (exact) mass is 602 g/mol. The number of nitrogens with zero attached hydrogens (tertiary/aromatic N) is 2. The van der Waals surface area contributed by atoms with Crippen molar-refractivity contribution in [3.05, 3.63) is 83.1 Å². The Hall–Kier alpha value is -3.34. The zero-order valence-electron chi connectivity index (χ0n) is 23.3. The number of hydrogen-bond donors (Lipinski definition) is 2. The predicted molar refractivity (Wildman–Crippen MR) is 162 cm³/mol. The summed E-state index contributed by atoms with van der Waals surface area (Å²) in [6, 6.07) is 18.5. The van der Waals surface area contributed by atoms with Gasteiger partial charge >= 0.3 is 6.03 Å². The standard InChI is InChI=1S/C30H36ClFN4O4S/c1-3-4-17-36(30(37)33-29-14-7-23(32)20-28(29)31)25-15-18-35(19-16-25)21-22-5-10-26(11-6-22)40-27-12-8-24(9-13-27)34-41(2,38)39/h5-14,20,25,34H,3-4,15-19,21H2,1-2H3,(H,33,37). The number of benzene rings is 3. The third-order valence-corrected chi connectivity index (χ3v) is 7.83. The number of carbonyl (C=O) groups excluding carboxylic acids is 1. The number of likely N-dealkylation sites (tertiary alicyclic amines) is 1. The number of unbranched alkanes of at least 4 members (excludes halogenated alkanes) is 1. The summed E-state index contributed by atoms with van der Waals surface area (Å²) >= 11 is 6.13. The molecule has 1 aliphatic heterocycles. The maximum Gasteiger partial charge on any atom is 0.322 e. The molecule has 1 heterocycles. The number of amides is 2. The van der Waals surface area contributed by atoms with Crippen molar-refractivity contribution in [1.29, 1.82) is 0 Å². The Bertz CT molecular complexity index is 1410. The van der Waals surface area contributed by atoms with Crippen LogP contribution in [-0.4, -0.2) is 56.2 Å². The molecule has 0 atom stereocenters. The molecule has 0 aliphatic carbocycles. The molecule has 0 spiro atoms. The number of hydrogen-bond acceptors (Lipinski definition) is 5. The van der Waals surface area contributed by atoms with E-state index in [9.17, 15) is 17.6 Å². The number of piperidine rings is 1. The smallest absolute Gasteiger partial charge is 0.322 e. The Balaban J connectivity index is 1.28. The van der Waals surface area contributed by atoms with Gasteiger partial charge in [-0.15, -0.1) is 0 Å². The second kappa shape index (κ2) is 14.0. The zero-order valence-corrected chi connectivity index (χ0v) is 24.8. The lowest BCUT2D eigenvalue weighted by molar-refractivity contribution is 0.122. The average Bonchev–Trinajstić information content (AvgIpc) is 2.93. The van der Waals surface area contributed by atoms with Gasteiger partial charge in [0, 0.05) is 37.9 Å². The molecule has 1 aliphatic rings. The molecular weight excluding hydrogens is 567 g/mol. The van der Waals surface area contributed by atoms with Gasteiger partial charge in [0.2, 0.25) is 10.0 Å². The van der Waals surface area contributed by atoms with Gasteiger partial charge in [-0.2, -0.15) is 0 Å². The number of rotatable bonds is 11. The van der Waals surface area contributed by atoms with Crippen molar-refractivity contribution >= 4 is 39.0 Å². The largest absolute Gasteiger partial charge is 0.457 e. The fraction of sp³-hybridized carbons (Fsp3) is 0.367. The highest BCUT2D eigenvalue weighted by molar-refractivity contribution is 7.92. The molecule has 0 radical (unpaired) electrons. The molecule has 11 heteroatoms. The molecule has 1 fully saturated rings. The molecule has 220 valence electrons. The van der Waals surface area contributed by atoms with Crippen LogP contribution in [0.25, 0.3) is 0 Å². The van der Waals surface area contributed by atoms with Crippen molar-refractivity contribution in [2.24, 2.45) is 0 Å². The van der Waals surface area contributed by atoms with Gasteiger partial charge in [-0.25, -0.2) is 17.6 Å². The van der Waals surface area contributed by atoms with Crippen LogP contribution in [0.2, 0.25) is 5.02 Å². The normalized spacial score (nSPS) is 14.4. The number of ether oxygens (including phenoxy) is 1. The van der Waals surface area contributed by atoms with Crippen LogP contribution in [0.5, 0.6) is 11.5 Å². The van der Waals surface area contributed by atoms with E-state index in [0.717, 1.165) is 57.1 Å². The first-order valence-corrected chi connectivity index (χ1v) is 16.0. The predicted octanol–water partition coefficient (Wildman–Crippen LogP) is 6.94. The number of urea groups is 1. The summed E-state index contributed by atoms with van der Waals surface area (Å²) in [5.74, 6) is 0.855. The van der Waals surface area contributed by atoms with E-state index in [1.165, 1.54) is 18.2 Å². The zero-order chi connectivity index (χ0) is 29.4. The Kier molecular flexibility index (Phi) is 10.5. The van der Waals surface area contributed by atoms with E-state index in [0.29, 0.717) is 29.4 Å². The first-order chi connectivity index (χ1) is 19.6. The second-order valence-corrected chi connectivity index (χ2v) is 12.4. The fourth-order valence-corrected chi connectivity index (χ4v) is 5.59.